The van der Waals surface area contributed by atoms with E-state index in [2.05, 4.69) is 0 Å². The minimum Gasteiger partial charge on any atom is -0.454 e. The second-order valence-corrected chi connectivity index (χ2v) is 8.47. The average molecular weight is 345 g/mol. The highest BCUT2D eigenvalue weighted by Gasteiger charge is 2.58. The Morgan fingerprint density at radius 2 is 1.79 bits per heavy atom. The Balaban J connectivity index is 1.67. The molecule has 126 valence electrons. The van der Waals surface area contributed by atoms with E-state index in [1.54, 1.807) is 12.1 Å². The van der Waals surface area contributed by atoms with Crippen LogP contribution in [0.4, 0.5) is 0 Å². The zero-order chi connectivity index (χ0) is 16.9. The maximum Gasteiger partial charge on any atom is 0.231 e. The van der Waals surface area contributed by atoms with Crippen molar-refractivity contribution in [3.05, 3.63) is 53.6 Å². The van der Waals surface area contributed by atoms with Crippen molar-refractivity contribution in [2.75, 3.05) is 13.3 Å². The third kappa shape index (κ3) is 2.37. The first kappa shape index (κ1) is 15.5. The number of nitrogens with two attached hydrogens (primary N) is 1. The summed E-state index contributed by atoms with van der Waals surface area (Å²) >= 11 is 0. The molecule has 0 radical (unpaired) electrons. The van der Waals surface area contributed by atoms with Crippen LogP contribution >= 0.6 is 0 Å². The van der Waals surface area contributed by atoms with Crippen LogP contribution in [0.3, 0.4) is 0 Å². The van der Waals surface area contributed by atoms with E-state index in [9.17, 15) is 8.42 Å². The van der Waals surface area contributed by atoms with Gasteiger partial charge in [-0.25, -0.2) is 8.42 Å². The number of aryl methyl sites for hydroxylation is 1. The predicted molar refractivity (Wildman–Crippen MR) is 90.0 cm³/mol. The summed E-state index contributed by atoms with van der Waals surface area (Å²) in [6, 6.07) is 12.6. The first-order valence-corrected chi connectivity index (χ1v) is 9.47. The molecule has 2 aromatic carbocycles. The van der Waals surface area contributed by atoms with E-state index in [0.717, 1.165) is 11.1 Å². The number of hydrogen-bond acceptors (Lipinski definition) is 5. The van der Waals surface area contributed by atoms with Crippen LogP contribution in [0.2, 0.25) is 0 Å². The van der Waals surface area contributed by atoms with Crippen molar-refractivity contribution in [2.45, 2.75) is 23.0 Å². The van der Waals surface area contributed by atoms with Crippen LogP contribution in [0, 0.1) is 12.8 Å². The fourth-order valence-corrected chi connectivity index (χ4v) is 5.71. The van der Waals surface area contributed by atoms with Crippen LogP contribution in [0.25, 0.3) is 0 Å². The van der Waals surface area contributed by atoms with Crippen LogP contribution < -0.4 is 15.2 Å². The fourth-order valence-electron chi connectivity index (χ4n) is 3.49. The molecule has 5 nitrogen and oxygen atoms in total. The predicted octanol–water partition coefficient (Wildman–Crippen LogP) is 2.24. The van der Waals surface area contributed by atoms with Gasteiger partial charge in [0.1, 0.15) is 0 Å². The molecule has 4 rings (SSSR count). The Kier molecular flexibility index (Phi) is 3.54. The molecule has 1 saturated carbocycles. The molecule has 0 bridgehead atoms. The van der Waals surface area contributed by atoms with Crippen molar-refractivity contribution in [3.63, 3.8) is 0 Å². The normalized spacial score (nSPS) is 24.8. The number of sulfone groups is 1. The maximum absolute atomic E-state index is 13.0. The van der Waals surface area contributed by atoms with Crippen LogP contribution in [-0.4, -0.2) is 27.0 Å². The van der Waals surface area contributed by atoms with E-state index >= 15 is 0 Å². The van der Waals surface area contributed by atoms with Gasteiger partial charge in [0.15, 0.2) is 21.3 Å². The van der Waals surface area contributed by atoms with Gasteiger partial charge in [-0.15, -0.1) is 0 Å². The highest BCUT2D eigenvalue weighted by molar-refractivity contribution is 7.92. The minimum absolute atomic E-state index is 0.0725. The van der Waals surface area contributed by atoms with E-state index in [-0.39, 0.29) is 18.6 Å². The van der Waals surface area contributed by atoms with Crippen molar-refractivity contribution < 1.29 is 17.9 Å². The lowest BCUT2D eigenvalue weighted by Crippen LogP contribution is -2.13. The summed E-state index contributed by atoms with van der Waals surface area (Å²) in [7, 11) is -3.41. The average Bonchev–Trinajstić information content (AvgIpc) is 3.15. The van der Waals surface area contributed by atoms with Crippen LogP contribution in [0.1, 0.15) is 17.0 Å². The quantitative estimate of drug-likeness (QED) is 0.919. The number of ether oxygens (including phenoxy) is 2. The molecule has 1 fully saturated rings. The van der Waals surface area contributed by atoms with Crippen molar-refractivity contribution >= 4 is 9.84 Å². The molecular formula is C18H19NO4S. The Morgan fingerprint density at radius 1 is 1.08 bits per heavy atom. The zero-order valence-electron chi connectivity index (χ0n) is 13.3. The van der Waals surface area contributed by atoms with E-state index in [4.69, 9.17) is 15.2 Å². The second-order valence-electron chi connectivity index (χ2n) is 6.36. The van der Waals surface area contributed by atoms with Crippen LogP contribution in [0.5, 0.6) is 11.5 Å². The van der Waals surface area contributed by atoms with Crippen molar-refractivity contribution in [1.82, 2.24) is 0 Å². The minimum atomic E-state index is -3.41. The Hall–Kier alpha value is -2.05. The molecule has 3 atom stereocenters. The van der Waals surface area contributed by atoms with Gasteiger partial charge in [-0.1, -0.05) is 23.8 Å². The molecule has 2 aliphatic rings. The lowest BCUT2D eigenvalue weighted by atomic mass is 10.1. The summed E-state index contributed by atoms with van der Waals surface area (Å²) in [5.41, 5.74) is 7.82. The molecule has 0 unspecified atom stereocenters. The Morgan fingerprint density at radius 3 is 2.50 bits per heavy atom. The first-order chi connectivity index (χ1) is 11.5. The summed E-state index contributed by atoms with van der Waals surface area (Å²) < 4.78 is 36.7. The molecule has 0 saturated heterocycles. The highest BCUT2D eigenvalue weighted by atomic mass is 32.2. The van der Waals surface area contributed by atoms with E-state index in [0.29, 0.717) is 22.9 Å². The van der Waals surface area contributed by atoms with Gasteiger partial charge in [-0.3, -0.25) is 0 Å². The number of rotatable bonds is 4. The highest BCUT2D eigenvalue weighted by Crippen LogP contribution is 2.54. The van der Waals surface area contributed by atoms with Crippen LogP contribution in [0.15, 0.2) is 47.4 Å². The molecule has 1 heterocycles. The number of benzene rings is 2. The van der Waals surface area contributed by atoms with Crippen LogP contribution in [-0.2, 0) is 9.84 Å². The third-order valence-corrected chi connectivity index (χ3v) is 7.15. The molecule has 1 aliphatic heterocycles. The first-order valence-electron chi connectivity index (χ1n) is 7.92. The summed E-state index contributed by atoms with van der Waals surface area (Å²) in [5, 5.41) is -0.481. The SMILES string of the molecule is Cc1ccc(S(=O)(=O)[C@@H]2[C@@H](CN)[C@@H]2c2ccc3c(c2)OCO3)cc1. The number of fused-ring (bicyclic) bond motifs is 1. The van der Waals surface area contributed by atoms with Crippen molar-refractivity contribution in [1.29, 1.82) is 0 Å². The summed E-state index contributed by atoms with van der Waals surface area (Å²) in [6.07, 6.45) is 0. The fraction of sp³-hybridized carbons (Fsp3) is 0.333. The molecule has 2 N–H and O–H groups in total. The molecule has 1 aliphatic carbocycles. The van der Waals surface area contributed by atoms with Gasteiger partial charge >= 0.3 is 0 Å². The van der Waals surface area contributed by atoms with E-state index in [1.165, 1.54) is 0 Å². The maximum atomic E-state index is 13.0. The molecule has 6 heteroatoms. The Labute approximate surface area is 141 Å². The molecule has 0 amide bonds. The van der Waals surface area contributed by atoms with Gasteiger partial charge in [0, 0.05) is 5.92 Å². The summed E-state index contributed by atoms with van der Waals surface area (Å²) in [5.74, 6) is 1.19. The molecule has 2 aromatic rings. The third-order valence-electron chi connectivity index (χ3n) is 4.86. The van der Waals surface area contributed by atoms with Gasteiger partial charge in [0.05, 0.1) is 10.1 Å². The van der Waals surface area contributed by atoms with Gasteiger partial charge in [-0.05, 0) is 49.2 Å². The molecule has 0 aromatic heterocycles. The second kappa shape index (κ2) is 5.50. The van der Waals surface area contributed by atoms with E-state index < -0.39 is 15.1 Å². The zero-order valence-corrected chi connectivity index (χ0v) is 14.1. The summed E-state index contributed by atoms with van der Waals surface area (Å²) in [6.45, 7) is 2.48. The molecular weight excluding hydrogens is 326 g/mol. The van der Waals surface area contributed by atoms with Crippen molar-refractivity contribution in [2.24, 2.45) is 11.7 Å². The molecule has 24 heavy (non-hydrogen) atoms. The Bertz CT molecular complexity index is 876. The largest absolute Gasteiger partial charge is 0.454 e. The van der Waals surface area contributed by atoms with Gasteiger partial charge in [-0.2, -0.15) is 0 Å². The molecule has 0 spiro atoms. The lowest BCUT2D eigenvalue weighted by Gasteiger charge is -2.05. The van der Waals surface area contributed by atoms with Crippen molar-refractivity contribution in [3.8, 4) is 11.5 Å². The standard InChI is InChI=1S/C18H19NO4S/c1-11-2-5-13(6-3-11)24(20,21)18-14(9-19)17(18)12-4-7-15-16(8-12)23-10-22-15/h2-8,14,17-18H,9-10,19H2,1H3/t14-,17-,18+/m0/s1. The summed E-state index contributed by atoms with van der Waals surface area (Å²) in [4.78, 5) is 0.361. The van der Waals surface area contributed by atoms with Gasteiger partial charge in [0.25, 0.3) is 0 Å². The smallest absolute Gasteiger partial charge is 0.231 e. The van der Waals surface area contributed by atoms with Gasteiger partial charge in [0.2, 0.25) is 6.79 Å². The topological polar surface area (TPSA) is 78.6 Å². The number of hydrogen-bond donors (Lipinski definition) is 1. The monoisotopic (exact) mass is 345 g/mol. The van der Waals surface area contributed by atoms with E-state index in [1.807, 2.05) is 37.3 Å². The lowest BCUT2D eigenvalue weighted by molar-refractivity contribution is 0.174. The van der Waals surface area contributed by atoms with Gasteiger partial charge < -0.3 is 15.2 Å².